The first-order valence-electron chi connectivity index (χ1n) is 4.95. The van der Waals surface area contributed by atoms with Crippen molar-refractivity contribution in [1.29, 1.82) is 5.26 Å². The number of rotatable bonds is 6. The first-order chi connectivity index (χ1) is 7.02. The first-order valence-corrected chi connectivity index (χ1v) is 4.95. The number of hydrogen-bond acceptors (Lipinski definition) is 4. The third-order valence-electron chi connectivity index (χ3n) is 2.39. The minimum atomic E-state index is -0.0342. The Kier molecular flexibility index (Phi) is 6.67. The molecule has 5 nitrogen and oxygen atoms in total. The summed E-state index contributed by atoms with van der Waals surface area (Å²) in [5.74, 6) is -0.0342. The van der Waals surface area contributed by atoms with Crippen molar-refractivity contribution in [2.24, 2.45) is 0 Å². The predicted octanol–water partition coefficient (Wildman–Crippen LogP) is -0.329. The quantitative estimate of drug-likeness (QED) is 0.656. The Labute approximate surface area is 90.9 Å². The summed E-state index contributed by atoms with van der Waals surface area (Å²) in [7, 11) is 3.47. The van der Waals surface area contributed by atoms with Crippen molar-refractivity contribution in [3.63, 3.8) is 0 Å². The minimum absolute atomic E-state index is 0.0293. The molecular formula is C10H19N3O2. The normalized spacial score (nSPS) is 12.3. The largest absolute Gasteiger partial charge is 0.395 e. The van der Waals surface area contributed by atoms with Gasteiger partial charge in [-0.3, -0.25) is 9.69 Å². The van der Waals surface area contributed by atoms with Gasteiger partial charge in [-0.25, -0.2) is 0 Å². The summed E-state index contributed by atoms with van der Waals surface area (Å²) in [4.78, 5) is 14.9. The highest BCUT2D eigenvalue weighted by molar-refractivity contribution is 5.77. The van der Waals surface area contributed by atoms with Gasteiger partial charge < -0.3 is 10.0 Å². The second-order valence-corrected chi connectivity index (χ2v) is 3.67. The van der Waals surface area contributed by atoms with E-state index in [0.29, 0.717) is 13.0 Å². The van der Waals surface area contributed by atoms with Crippen molar-refractivity contribution in [1.82, 2.24) is 9.80 Å². The smallest absolute Gasteiger partial charge is 0.236 e. The molecule has 1 N–H and O–H groups in total. The van der Waals surface area contributed by atoms with Crippen LogP contribution in [0.2, 0.25) is 0 Å². The number of aliphatic hydroxyl groups is 1. The summed E-state index contributed by atoms with van der Waals surface area (Å²) in [5, 5.41) is 17.3. The number of carbonyl (C=O) groups is 1. The molecule has 0 aliphatic heterocycles. The molecule has 0 fully saturated rings. The van der Waals surface area contributed by atoms with E-state index in [2.05, 4.69) is 0 Å². The van der Waals surface area contributed by atoms with Gasteiger partial charge in [-0.05, 0) is 14.0 Å². The van der Waals surface area contributed by atoms with Gasteiger partial charge in [0.05, 0.1) is 25.6 Å². The molecule has 0 heterocycles. The molecule has 0 aliphatic carbocycles. The summed E-state index contributed by atoms with van der Waals surface area (Å²) in [6.07, 6.45) is 0.349. The maximum absolute atomic E-state index is 11.6. The van der Waals surface area contributed by atoms with Crippen LogP contribution in [0.5, 0.6) is 0 Å². The summed E-state index contributed by atoms with van der Waals surface area (Å²) in [6.45, 7) is 2.61. The molecule has 5 heteroatoms. The van der Waals surface area contributed by atoms with Gasteiger partial charge in [0.15, 0.2) is 0 Å². The van der Waals surface area contributed by atoms with E-state index in [9.17, 15) is 4.79 Å². The lowest BCUT2D eigenvalue weighted by Crippen LogP contribution is -2.41. The van der Waals surface area contributed by atoms with Gasteiger partial charge >= 0.3 is 0 Å². The molecule has 1 atom stereocenters. The zero-order valence-electron chi connectivity index (χ0n) is 9.60. The number of carbonyl (C=O) groups excluding carboxylic acids is 1. The van der Waals surface area contributed by atoms with Crippen LogP contribution in [0.25, 0.3) is 0 Å². The predicted molar refractivity (Wildman–Crippen MR) is 57.0 cm³/mol. The number of amides is 1. The highest BCUT2D eigenvalue weighted by atomic mass is 16.3. The second-order valence-electron chi connectivity index (χ2n) is 3.67. The summed E-state index contributed by atoms with van der Waals surface area (Å²) >= 11 is 0. The van der Waals surface area contributed by atoms with E-state index < -0.39 is 0 Å². The molecule has 0 radical (unpaired) electrons. The fraction of sp³-hybridized carbons (Fsp3) is 0.800. The lowest BCUT2D eigenvalue weighted by molar-refractivity contribution is -0.131. The summed E-state index contributed by atoms with van der Waals surface area (Å²) in [6, 6.07) is 1.96. The molecule has 1 unspecified atom stereocenters. The van der Waals surface area contributed by atoms with Gasteiger partial charge in [0.1, 0.15) is 0 Å². The van der Waals surface area contributed by atoms with E-state index in [1.54, 1.807) is 19.0 Å². The minimum Gasteiger partial charge on any atom is -0.395 e. The Morgan fingerprint density at radius 1 is 1.53 bits per heavy atom. The van der Waals surface area contributed by atoms with E-state index in [-0.39, 0.29) is 25.1 Å². The molecule has 1 amide bonds. The lowest BCUT2D eigenvalue weighted by Gasteiger charge is -2.24. The third-order valence-corrected chi connectivity index (χ3v) is 2.39. The Morgan fingerprint density at radius 2 is 2.13 bits per heavy atom. The van der Waals surface area contributed by atoms with Gasteiger partial charge in [-0.15, -0.1) is 0 Å². The van der Waals surface area contributed by atoms with Crippen LogP contribution in [0.15, 0.2) is 0 Å². The highest BCUT2D eigenvalue weighted by Crippen LogP contribution is 1.96. The van der Waals surface area contributed by atoms with E-state index in [4.69, 9.17) is 10.4 Å². The van der Waals surface area contributed by atoms with Gasteiger partial charge in [-0.1, -0.05) is 0 Å². The molecule has 15 heavy (non-hydrogen) atoms. The van der Waals surface area contributed by atoms with Crippen LogP contribution in [0.1, 0.15) is 13.3 Å². The summed E-state index contributed by atoms with van der Waals surface area (Å²) in [5.41, 5.74) is 0. The van der Waals surface area contributed by atoms with Crippen molar-refractivity contribution in [3.05, 3.63) is 0 Å². The zero-order valence-corrected chi connectivity index (χ0v) is 9.60. The topological polar surface area (TPSA) is 67.6 Å². The maximum atomic E-state index is 11.6. The van der Waals surface area contributed by atoms with Crippen LogP contribution in [-0.4, -0.2) is 60.6 Å². The van der Waals surface area contributed by atoms with Crippen LogP contribution in [0, 0.1) is 11.3 Å². The Morgan fingerprint density at radius 3 is 2.60 bits per heavy atom. The number of nitrogens with zero attached hydrogens (tertiary/aromatic N) is 3. The molecule has 0 aromatic carbocycles. The Hall–Kier alpha value is -1.12. The molecular weight excluding hydrogens is 194 g/mol. The lowest BCUT2D eigenvalue weighted by atomic mass is 10.3. The van der Waals surface area contributed by atoms with Crippen molar-refractivity contribution >= 4 is 5.91 Å². The highest BCUT2D eigenvalue weighted by Gasteiger charge is 2.14. The molecule has 0 rings (SSSR count). The number of hydrogen-bond donors (Lipinski definition) is 1. The van der Waals surface area contributed by atoms with E-state index in [1.807, 2.05) is 13.0 Å². The molecule has 0 saturated carbocycles. The number of likely N-dealkylation sites (N-methyl/N-ethyl adjacent to an activating group) is 2. The van der Waals surface area contributed by atoms with Gasteiger partial charge in [-0.2, -0.15) is 5.26 Å². The Bertz CT molecular complexity index is 237. The number of nitriles is 1. The van der Waals surface area contributed by atoms with Gasteiger partial charge in [0.2, 0.25) is 5.91 Å². The fourth-order valence-electron chi connectivity index (χ4n) is 0.972. The Balaban J connectivity index is 3.96. The fourth-order valence-corrected chi connectivity index (χ4v) is 0.972. The average molecular weight is 213 g/mol. The van der Waals surface area contributed by atoms with E-state index in [1.165, 1.54) is 4.90 Å². The monoisotopic (exact) mass is 213 g/mol. The standard InChI is InChI=1S/C10H19N3O2/c1-9(8-14)13(3)7-10(15)12(2)6-4-5-11/h9,14H,4,6-8H2,1-3H3. The number of aliphatic hydroxyl groups excluding tert-OH is 1. The van der Waals surface area contributed by atoms with Crippen molar-refractivity contribution in [3.8, 4) is 6.07 Å². The average Bonchev–Trinajstić information content (AvgIpc) is 2.24. The van der Waals surface area contributed by atoms with Gasteiger partial charge in [0, 0.05) is 19.6 Å². The van der Waals surface area contributed by atoms with Crippen molar-refractivity contribution < 1.29 is 9.90 Å². The molecule has 0 aromatic heterocycles. The van der Waals surface area contributed by atoms with E-state index >= 15 is 0 Å². The van der Waals surface area contributed by atoms with Crippen molar-refractivity contribution in [2.45, 2.75) is 19.4 Å². The zero-order chi connectivity index (χ0) is 11.8. The molecule has 0 aromatic rings. The van der Waals surface area contributed by atoms with Crippen LogP contribution in [-0.2, 0) is 4.79 Å². The van der Waals surface area contributed by atoms with Crippen LogP contribution < -0.4 is 0 Å². The van der Waals surface area contributed by atoms with Crippen LogP contribution >= 0.6 is 0 Å². The van der Waals surface area contributed by atoms with Crippen LogP contribution in [0.3, 0.4) is 0 Å². The molecule has 0 aliphatic rings. The molecule has 0 bridgehead atoms. The molecule has 0 spiro atoms. The molecule has 86 valence electrons. The third kappa shape index (κ3) is 5.35. The second kappa shape index (κ2) is 7.21. The maximum Gasteiger partial charge on any atom is 0.236 e. The van der Waals surface area contributed by atoms with E-state index in [0.717, 1.165) is 0 Å². The van der Waals surface area contributed by atoms with Crippen LogP contribution in [0.4, 0.5) is 0 Å². The van der Waals surface area contributed by atoms with Gasteiger partial charge in [0.25, 0.3) is 0 Å². The first kappa shape index (κ1) is 13.9. The summed E-state index contributed by atoms with van der Waals surface area (Å²) < 4.78 is 0. The SMILES string of the molecule is CC(CO)N(C)CC(=O)N(C)CCC#N. The molecule has 0 saturated heterocycles. The van der Waals surface area contributed by atoms with Crippen molar-refractivity contribution in [2.75, 3.05) is 33.8 Å².